The normalized spacial score (nSPS) is 32.3. The Bertz CT molecular complexity index is 213. The van der Waals surface area contributed by atoms with Crippen molar-refractivity contribution >= 4 is 29.2 Å². The highest BCUT2D eigenvalue weighted by atomic mass is 35.5. The van der Waals surface area contributed by atoms with E-state index >= 15 is 0 Å². The minimum absolute atomic E-state index is 0.0813. The van der Waals surface area contributed by atoms with E-state index in [-0.39, 0.29) is 18.0 Å². The zero-order valence-electron chi connectivity index (χ0n) is 6.26. The van der Waals surface area contributed by atoms with E-state index in [1.165, 1.54) is 0 Å². The van der Waals surface area contributed by atoms with Gasteiger partial charge in [-0.15, -0.1) is 23.2 Å². The van der Waals surface area contributed by atoms with E-state index < -0.39 is 4.33 Å². The number of rotatable bonds is 2. The Morgan fingerprint density at radius 3 is 2.42 bits per heavy atom. The summed E-state index contributed by atoms with van der Waals surface area (Å²) in [6, 6.07) is 0. The summed E-state index contributed by atoms with van der Waals surface area (Å²) >= 11 is 11.4. The molecule has 0 bridgehead atoms. The summed E-state index contributed by atoms with van der Waals surface area (Å²) in [4.78, 5) is 11.2. The summed E-state index contributed by atoms with van der Waals surface area (Å²) in [6.07, 6.45) is 0.421. The molecule has 0 N–H and O–H groups in total. The number of alkyl halides is 2. The van der Waals surface area contributed by atoms with Gasteiger partial charge in [-0.05, 0) is 6.42 Å². The van der Waals surface area contributed by atoms with Gasteiger partial charge in [-0.1, -0.05) is 0 Å². The fourth-order valence-electron chi connectivity index (χ4n) is 0.997. The van der Waals surface area contributed by atoms with Crippen molar-refractivity contribution in [3.8, 4) is 0 Å². The fraction of sp³-hybridized carbons (Fsp3) is 0.857. The van der Waals surface area contributed by atoms with E-state index in [9.17, 15) is 4.79 Å². The van der Waals surface area contributed by atoms with Gasteiger partial charge in [0.15, 0.2) is 0 Å². The highest BCUT2D eigenvalue weighted by Crippen LogP contribution is 2.53. The predicted octanol–water partition coefficient (Wildman–Crippen LogP) is 1.12. The number of carbonyl (C=O) groups excluding carboxylic acids is 1. The van der Waals surface area contributed by atoms with Crippen molar-refractivity contribution < 1.29 is 14.3 Å². The van der Waals surface area contributed by atoms with Gasteiger partial charge in [0.2, 0.25) is 0 Å². The van der Waals surface area contributed by atoms with Gasteiger partial charge in [-0.25, -0.2) is 0 Å². The average molecular weight is 211 g/mol. The van der Waals surface area contributed by atoms with Gasteiger partial charge in [0.05, 0.1) is 19.1 Å². The van der Waals surface area contributed by atoms with E-state index in [0.717, 1.165) is 0 Å². The summed E-state index contributed by atoms with van der Waals surface area (Å²) in [7, 11) is 0. The third kappa shape index (κ3) is 1.53. The molecule has 1 atom stereocenters. The van der Waals surface area contributed by atoms with E-state index in [1.54, 1.807) is 0 Å². The van der Waals surface area contributed by atoms with Crippen LogP contribution in [-0.2, 0) is 14.3 Å². The lowest BCUT2D eigenvalue weighted by molar-refractivity contribution is -0.173. The minimum atomic E-state index is -0.873. The molecule has 5 heteroatoms. The summed E-state index contributed by atoms with van der Waals surface area (Å²) in [6.45, 7) is 0.992. The zero-order valence-corrected chi connectivity index (χ0v) is 7.77. The van der Waals surface area contributed by atoms with Crippen molar-refractivity contribution in [2.24, 2.45) is 5.92 Å². The molecule has 3 nitrogen and oxygen atoms in total. The largest absolute Gasteiger partial charge is 0.457 e. The molecule has 1 saturated heterocycles. The molecule has 1 aliphatic carbocycles. The lowest BCUT2D eigenvalue weighted by Gasteiger charge is -2.25. The molecule has 12 heavy (non-hydrogen) atoms. The first kappa shape index (κ1) is 8.60. The average Bonchev–Trinajstić information content (AvgIpc) is 2.50. The van der Waals surface area contributed by atoms with Crippen LogP contribution in [0.5, 0.6) is 0 Å². The molecule has 2 fully saturated rings. The van der Waals surface area contributed by atoms with Gasteiger partial charge >= 0.3 is 5.97 Å². The van der Waals surface area contributed by atoms with Gasteiger partial charge in [0.25, 0.3) is 0 Å². The number of hydrogen-bond acceptors (Lipinski definition) is 3. The summed E-state index contributed by atoms with van der Waals surface area (Å²) in [5.41, 5.74) is 0. The van der Waals surface area contributed by atoms with Crippen molar-refractivity contribution in [3.05, 3.63) is 0 Å². The first-order chi connectivity index (χ1) is 5.59. The molecule has 2 aliphatic rings. The Kier molecular flexibility index (Phi) is 1.97. The number of ether oxygens (including phenoxy) is 2. The summed E-state index contributed by atoms with van der Waals surface area (Å²) < 4.78 is 8.98. The van der Waals surface area contributed by atoms with Crippen LogP contribution < -0.4 is 0 Å². The molecule has 0 aromatic carbocycles. The molecular weight excluding hydrogens is 203 g/mol. The van der Waals surface area contributed by atoms with Gasteiger partial charge in [0.1, 0.15) is 10.4 Å². The van der Waals surface area contributed by atoms with Crippen LogP contribution in [0.2, 0.25) is 0 Å². The second kappa shape index (κ2) is 2.76. The van der Waals surface area contributed by atoms with E-state index in [0.29, 0.717) is 19.6 Å². The predicted molar refractivity (Wildman–Crippen MR) is 43.2 cm³/mol. The Labute approximate surface area is 79.9 Å². The monoisotopic (exact) mass is 210 g/mol. The van der Waals surface area contributed by atoms with E-state index in [2.05, 4.69) is 0 Å². The third-order valence-corrected chi connectivity index (χ3v) is 2.84. The van der Waals surface area contributed by atoms with Crippen LogP contribution >= 0.6 is 23.2 Å². The molecule has 2 rings (SSSR count). The van der Waals surface area contributed by atoms with Crippen molar-refractivity contribution in [1.29, 1.82) is 0 Å². The minimum Gasteiger partial charge on any atom is -0.457 e. The van der Waals surface area contributed by atoms with Crippen LogP contribution in [0.3, 0.4) is 0 Å². The Hall–Kier alpha value is 0.01000. The van der Waals surface area contributed by atoms with Crippen LogP contribution in [-0.4, -0.2) is 29.6 Å². The summed E-state index contributed by atoms with van der Waals surface area (Å²) in [5, 5.41) is 0. The third-order valence-electron chi connectivity index (χ3n) is 2.00. The molecule has 68 valence electrons. The zero-order chi connectivity index (χ0) is 8.77. The maximum absolute atomic E-state index is 11.2. The van der Waals surface area contributed by atoms with Crippen LogP contribution in [0.25, 0.3) is 0 Å². The Balaban J connectivity index is 1.78. The molecular formula is C7H8Cl2O3. The van der Waals surface area contributed by atoms with Crippen molar-refractivity contribution in [1.82, 2.24) is 0 Å². The maximum atomic E-state index is 11.2. The fourth-order valence-corrected chi connectivity index (χ4v) is 1.48. The molecule has 0 amide bonds. The van der Waals surface area contributed by atoms with Gasteiger partial charge < -0.3 is 9.47 Å². The summed E-state index contributed by atoms with van der Waals surface area (Å²) in [5.74, 6) is -0.630. The van der Waals surface area contributed by atoms with Crippen LogP contribution in [0, 0.1) is 5.92 Å². The van der Waals surface area contributed by atoms with Crippen molar-refractivity contribution in [2.45, 2.75) is 16.9 Å². The van der Waals surface area contributed by atoms with Crippen molar-refractivity contribution in [2.75, 3.05) is 13.2 Å². The SMILES string of the molecule is O=C(OC1COC1)C1CC1(Cl)Cl. The van der Waals surface area contributed by atoms with Gasteiger partial charge in [0, 0.05) is 0 Å². The van der Waals surface area contributed by atoms with Crippen LogP contribution in [0.15, 0.2) is 0 Å². The smallest absolute Gasteiger partial charge is 0.312 e. The quantitative estimate of drug-likeness (QED) is 0.507. The van der Waals surface area contributed by atoms with Gasteiger partial charge in [-0.2, -0.15) is 0 Å². The molecule has 0 spiro atoms. The lowest BCUT2D eigenvalue weighted by atomic mass is 10.3. The van der Waals surface area contributed by atoms with Crippen molar-refractivity contribution in [3.63, 3.8) is 0 Å². The van der Waals surface area contributed by atoms with E-state index in [1.807, 2.05) is 0 Å². The molecule has 1 unspecified atom stereocenters. The number of hydrogen-bond donors (Lipinski definition) is 0. The molecule has 0 aromatic rings. The molecule has 0 radical (unpaired) electrons. The number of esters is 1. The van der Waals surface area contributed by atoms with Crippen LogP contribution in [0.4, 0.5) is 0 Å². The molecule has 0 aromatic heterocycles. The molecule has 1 heterocycles. The Morgan fingerprint density at radius 2 is 2.08 bits per heavy atom. The topological polar surface area (TPSA) is 35.5 Å². The number of halogens is 2. The lowest BCUT2D eigenvalue weighted by Crippen LogP contribution is -2.38. The molecule has 1 aliphatic heterocycles. The highest BCUT2D eigenvalue weighted by Gasteiger charge is 2.58. The highest BCUT2D eigenvalue weighted by molar-refractivity contribution is 6.52. The Morgan fingerprint density at radius 1 is 1.50 bits per heavy atom. The number of carbonyl (C=O) groups is 1. The van der Waals surface area contributed by atoms with Gasteiger partial charge in [-0.3, -0.25) is 4.79 Å². The van der Waals surface area contributed by atoms with Crippen LogP contribution in [0.1, 0.15) is 6.42 Å². The maximum Gasteiger partial charge on any atom is 0.312 e. The second-order valence-electron chi connectivity index (χ2n) is 3.11. The standard InChI is InChI=1S/C7H8Cl2O3/c8-7(9)1-5(7)6(10)12-4-2-11-3-4/h4-5H,1-3H2. The second-order valence-corrected chi connectivity index (χ2v) is 4.66. The molecule has 1 saturated carbocycles. The van der Waals surface area contributed by atoms with E-state index in [4.69, 9.17) is 32.7 Å². The first-order valence-corrected chi connectivity index (χ1v) is 4.51. The first-order valence-electron chi connectivity index (χ1n) is 3.75.